The molecule has 2 aliphatic rings. The lowest BCUT2D eigenvalue weighted by Crippen LogP contribution is -2.49. The summed E-state index contributed by atoms with van der Waals surface area (Å²) in [6.45, 7) is 5.73. The molecule has 2 heterocycles. The Morgan fingerprint density at radius 1 is 1.39 bits per heavy atom. The lowest BCUT2D eigenvalue weighted by molar-refractivity contribution is 0.0391. The molecule has 1 aromatic rings. The summed E-state index contributed by atoms with van der Waals surface area (Å²) in [6.07, 6.45) is 9.36. The maximum absolute atomic E-state index is 13.0. The summed E-state index contributed by atoms with van der Waals surface area (Å²) in [5.41, 5.74) is 0.834. The van der Waals surface area contributed by atoms with Gasteiger partial charge in [0.25, 0.3) is 5.91 Å². The summed E-state index contributed by atoms with van der Waals surface area (Å²) >= 11 is 1.61. The van der Waals surface area contributed by atoms with Gasteiger partial charge in [0.1, 0.15) is 5.00 Å². The van der Waals surface area contributed by atoms with Crippen LogP contribution in [-0.4, -0.2) is 36.2 Å². The normalized spacial score (nSPS) is 24.7. The molecule has 0 aromatic carbocycles. The van der Waals surface area contributed by atoms with Crippen LogP contribution in [-0.2, 0) is 0 Å². The SMILES string of the molecule is C/C=N\N(CC)c1cc(C(=O)N2CCCC3CCCCC32)cs1. The Kier molecular flexibility index (Phi) is 5.36. The molecular formula is C18H27N3OS. The Bertz CT molecular complexity index is 566. The van der Waals surface area contributed by atoms with Gasteiger partial charge in [-0.25, -0.2) is 0 Å². The lowest BCUT2D eigenvalue weighted by Gasteiger charge is -2.44. The molecule has 0 bridgehead atoms. The third kappa shape index (κ3) is 3.44. The number of thiophene rings is 1. The lowest BCUT2D eigenvalue weighted by atomic mass is 9.78. The van der Waals surface area contributed by atoms with E-state index >= 15 is 0 Å². The van der Waals surface area contributed by atoms with Gasteiger partial charge >= 0.3 is 0 Å². The highest BCUT2D eigenvalue weighted by atomic mass is 32.1. The molecule has 2 unspecified atom stereocenters. The van der Waals surface area contributed by atoms with E-state index in [-0.39, 0.29) is 5.91 Å². The molecule has 1 aromatic heterocycles. The number of nitrogens with zero attached hydrogens (tertiary/aromatic N) is 3. The van der Waals surface area contributed by atoms with Crippen molar-refractivity contribution in [2.75, 3.05) is 18.1 Å². The summed E-state index contributed by atoms with van der Waals surface area (Å²) < 4.78 is 0. The van der Waals surface area contributed by atoms with Crippen molar-refractivity contribution in [3.05, 3.63) is 17.0 Å². The standard InChI is InChI=1S/C18H27N3OS/c1-3-19-21(4-2)17-12-15(13-23-17)18(22)20-11-7-9-14-8-5-6-10-16(14)20/h3,12-14,16H,4-11H2,1-2H3/b19-3-. The van der Waals surface area contributed by atoms with Gasteiger partial charge in [-0.15, -0.1) is 11.3 Å². The number of amides is 1. The van der Waals surface area contributed by atoms with E-state index in [9.17, 15) is 4.79 Å². The molecule has 0 spiro atoms. The molecule has 5 heteroatoms. The van der Waals surface area contributed by atoms with Crippen LogP contribution in [0.2, 0.25) is 0 Å². The topological polar surface area (TPSA) is 35.9 Å². The number of fused-ring (bicyclic) bond motifs is 1. The predicted octanol–water partition coefficient (Wildman–Crippen LogP) is 4.37. The van der Waals surface area contributed by atoms with E-state index in [1.165, 1.54) is 32.1 Å². The zero-order valence-corrected chi connectivity index (χ0v) is 15.0. The zero-order valence-electron chi connectivity index (χ0n) is 14.2. The summed E-state index contributed by atoms with van der Waals surface area (Å²) in [5.74, 6) is 0.956. The Hall–Kier alpha value is -1.36. The van der Waals surface area contributed by atoms with Gasteiger partial charge in [0, 0.05) is 30.7 Å². The average molecular weight is 334 g/mol. The molecule has 1 saturated carbocycles. The third-order valence-electron chi connectivity index (χ3n) is 5.15. The Balaban J connectivity index is 1.76. The highest BCUT2D eigenvalue weighted by molar-refractivity contribution is 7.14. The van der Waals surface area contributed by atoms with Crippen LogP contribution in [0.15, 0.2) is 16.5 Å². The minimum atomic E-state index is 0.223. The molecule has 126 valence electrons. The van der Waals surface area contributed by atoms with E-state index in [1.54, 1.807) is 17.6 Å². The zero-order chi connectivity index (χ0) is 16.2. The van der Waals surface area contributed by atoms with Crippen molar-refractivity contribution in [2.24, 2.45) is 11.0 Å². The van der Waals surface area contributed by atoms with Crippen molar-refractivity contribution in [1.29, 1.82) is 0 Å². The predicted molar refractivity (Wildman–Crippen MR) is 97.5 cm³/mol. The van der Waals surface area contributed by atoms with Crippen molar-refractivity contribution in [1.82, 2.24) is 4.90 Å². The number of carbonyl (C=O) groups excluding carboxylic acids is 1. The minimum absolute atomic E-state index is 0.223. The van der Waals surface area contributed by atoms with E-state index in [1.807, 2.05) is 23.4 Å². The van der Waals surface area contributed by atoms with Gasteiger partial charge in [0.15, 0.2) is 0 Å². The fourth-order valence-corrected chi connectivity index (χ4v) is 4.96. The molecule has 2 atom stereocenters. The quantitative estimate of drug-likeness (QED) is 0.606. The minimum Gasteiger partial charge on any atom is -0.335 e. The molecule has 4 nitrogen and oxygen atoms in total. The van der Waals surface area contributed by atoms with Crippen LogP contribution in [0.25, 0.3) is 0 Å². The molecule has 2 fully saturated rings. The van der Waals surface area contributed by atoms with Crippen molar-refractivity contribution in [3.63, 3.8) is 0 Å². The van der Waals surface area contributed by atoms with Gasteiger partial charge in [-0.2, -0.15) is 5.10 Å². The number of hydrogen-bond acceptors (Lipinski definition) is 4. The fraction of sp³-hybridized carbons (Fsp3) is 0.667. The van der Waals surface area contributed by atoms with E-state index < -0.39 is 0 Å². The first kappa shape index (κ1) is 16.5. The van der Waals surface area contributed by atoms with Crippen LogP contribution in [0.5, 0.6) is 0 Å². The van der Waals surface area contributed by atoms with Gasteiger partial charge in [-0.1, -0.05) is 12.8 Å². The van der Waals surface area contributed by atoms with Crippen LogP contribution < -0.4 is 5.01 Å². The maximum atomic E-state index is 13.0. The molecule has 1 aliphatic heterocycles. The average Bonchev–Trinajstić information content (AvgIpc) is 3.08. The van der Waals surface area contributed by atoms with Gasteiger partial charge in [0.2, 0.25) is 0 Å². The van der Waals surface area contributed by atoms with E-state index in [0.29, 0.717) is 6.04 Å². The van der Waals surface area contributed by atoms with Gasteiger partial charge in [0.05, 0.1) is 5.56 Å². The summed E-state index contributed by atoms with van der Waals surface area (Å²) in [4.78, 5) is 15.2. The van der Waals surface area contributed by atoms with E-state index in [4.69, 9.17) is 0 Å². The number of hydrogen-bond donors (Lipinski definition) is 0. The molecule has 1 saturated heterocycles. The molecule has 1 amide bonds. The maximum Gasteiger partial charge on any atom is 0.255 e. The second-order valence-electron chi connectivity index (χ2n) is 6.52. The third-order valence-corrected chi connectivity index (χ3v) is 6.09. The van der Waals surface area contributed by atoms with Crippen LogP contribution in [0.3, 0.4) is 0 Å². The number of carbonyl (C=O) groups is 1. The molecular weight excluding hydrogens is 306 g/mol. The number of piperidine rings is 1. The second-order valence-corrected chi connectivity index (χ2v) is 7.41. The number of anilines is 1. The Labute approximate surface area is 143 Å². The fourth-order valence-electron chi connectivity index (χ4n) is 4.05. The van der Waals surface area contributed by atoms with Crippen molar-refractivity contribution in [2.45, 2.75) is 58.4 Å². The van der Waals surface area contributed by atoms with Crippen molar-refractivity contribution < 1.29 is 4.79 Å². The smallest absolute Gasteiger partial charge is 0.255 e. The Morgan fingerprint density at radius 2 is 2.17 bits per heavy atom. The summed E-state index contributed by atoms with van der Waals surface area (Å²) in [5, 5.41) is 9.35. The molecule has 1 aliphatic carbocycles. The number of rotatable bonds is 4. The second kappa shape index (κ2) is 7.47. The van der Waals surface area contributed by atoms with Crippen molar-refractivity contribution >= 4 is 28.5 Å². The molecule has 23 heavy (non-hydrogen) atoms. The molecule has 0 N–H and O–H groups in total. The Morgan fingerprint density at radius 3 is 2.96 bits per heavy atom. The van der Waals surface area contributed by atoms with Crippen molar-refractivity contribution in [3.8, 4) is 0 Å². The highest BCUT2D eigenvalue weighted by Gasteiger charge is 2.36. The molecule has 0 radical (unpaired) electrons. The van der Waals surface area contributed by atoms with Crippen LogP contribution in [0, 0.1) is 5.92 Å². The first-order chi connectivity index (χ1) is 11.2. The van der Waals surface area contributed by atoms with Gasteiger partial charge < -0.3 is 4.90 Å². The summed E-state index contributed by atoms with van der Waals surface area (Å²) in [6, 6.07) is 2.49. The van der Waals surface area contributed by atoms with E-state index in [2.05, 4.69) is 16.9 Å². The van der Waals surface area contributed by atoms with E-state index in [0.717, 1.165) is 36.0 Å². The van der Waals surface area contributed by atoms with Gasteiger partial charge in [-0.3, -0.25) is 9.80 Å². The van der Waals surface area contributed by atoms with Crippen LogP contribution in [0.4, 0.5) is 5.00 Å². The summed E-state index contributed by atoms with van der Waals surface area (Å²) in [7, 11) is 0. The number of likely N-dealkylation sites (tertiary alicyclic amines) is 1. The first-order valence-corrected chi connectivity index (χ1v) is 9.78. The monoisotopic (exact) mass is 333 g/mol. The van der Waals surface area contributed by atoms with Crippen LogP contribution in [0.1, 0.15) is 62.7 Å². The molecule has 3 rings (SSSR count). The largest absolute Gasteiger partial charge is 0.335 e. The highest BCUT2D eigenvalue weighted by Crippen LogP contribution is 2.36. The van der Waals surface area contributed by atoms with Crippen LogP contribution >= 0.6 is 11.3 Å². The first-order valence-electron chi connectivity index (χ1n) is 8.90. The van der Waals surface area contributed by atoms with Gasteiger partial charge in [-0.05, 0) is 51.5 Å². The number of hydrazone groups is 1.